The number of nitrogens with zero attached hydrogens (tertiary/aromatic N) is 1. The lowest BCUT2D eigenvalue weighted by atomic mass is 10.3. The van der Waals surface area contributed by atoms with E-state index in [1.54, 1.807) is 12.1 Å². The summed E-state index contributed by atoms with van der Waals surface area (Å²) in [6.07, 6.45) is 1.51. The maximum Gasteiger partial charge on any atom is 0.387 e. The van der Waals surface area contributed by atoms with Gasteiger partial charge < -0.3 is 10.1 Å². The van der Waals surface area contributed by atoms with Gasteiger partial charge in [-0.1, -0.05) is 0 Å². The van der Waals surface area contributed by atoms with E-state index in [-0.39, 0.29) is 17.4 Å². The molecular weight excluding hydrogens is 334 g/mol. The predicted molar refractivity (Wildman–Crippen MR) is 73.0 cm³/mol. The van der Waals surface area contributed by atoms with Gasteiger partial charge in [0.1, 0.15) is 11.4 Å². The number of ether oxygens (including phenoxy) is 1. The highest BCUT2D eigenvalue weighted by molar-refractivity contribution is 9.10. The van der Waals surface area contributed by atoms with Crippen molar-refractivity contribution in [1.82, 2.24) is 4.98 Å². The van der Waals surface area contributed by atoms with Crippen LogP contribution in [0.2, 0.25) is 0 Å². The van der Waals surface area contributed by atoms with Crippen molar-refractivity contribution in [2.24, 2.45) is 0 Å². The van der Waals surface area contributed by atoms with Crippen LogP contribution < -0.4 is 10.1 Å². The Kier molecular flexibility index (Phi) is 4.62. The van der Waals surface area contributed by atoms with Gasteiger partial charge in [0.2, 0.25) is 0 Å². The topological polar surface area (TPSA) is 51.2 Å². The average molecular weight is 343 g/mol. The van der Waals surface area contributed by atoms with Gasteiger partial charge in [-0.2, -0.15) is 8.78 Å². The molecule has 0 atom stereocenters. The van der Waals surface area contributed by atoms with Crippen LogP contribution in [0.3, 0.4) is 0 Å². The molecule has 0 aliphatic rings. The van der Waals surface area contributed by atoms with E-state index in [2.05, 4.69) is 31.0 Å². The van der Waals surface area contributed by atoms with Crippen molar-refractivity contribution >= 4 is 27.5 Å². The summed E-state index contributed by atoms with van der Waals surface area (Å²) in [6.45, 7) is -2.87. The molecule has 20 heavy (non-hydrogen) atoms. The Morgan fingerprint density at radius 2 is 1.90 bits per heavy atom. The molecule has 0 bridgehead atoms. The molecule has 0 fully saturated rings. The number of aromatic nitrogens is 1. The van der Waals surface area contributed by atoms with Crippen molar-refractivity contribution in [3.05, 3.63) is 52.8 Å². The fourth-order valence-electron chi connectivity index (χ4n) is 1.42. The molecule has 4 nitrogen and oxygen atoms in total. The van der Waals surface area contributed by atoms with Crippen molar-refractivity contribution in [3.63, 3.8) is 0 Å². The zero-order valence-electron chi connectivity index (χ0n) is 10.0. The normalized spacial score (nSPS) is 10.4. The number of pyridine rings is 1. The zero-order valence-corrected chi connectivity index (χ0v) is 11.6. The Bertz CT molecular complexity index is 588. The highest BCUT2D eigenvalue weighted by Crippen LogP contribution is 2.18. The molecule has 1 N–H and O–H groups in total. The number of rotatable bonds is 4. The molecule has 7 heteroatoms. The molecule has 0 radical (unpaired) electrons. The first-order chi connectivity index (χ1) is 9.54. The fraction of sp³-hybridized carbons (Fsp3) is 0.0769. The van der Waals surface area contributed by atoms with E-state index in [0.717, 1.165) is 4.47 Å². The number of alkyl halides is 2. The molecule has 2 aromatic rings. The van der Waals surface area contributed by atoms with Crippen LogP contribution in [-0.4, -0.2) is 17.5 Å². The van der Waals surface area contributed by atoms with E-state index in [1.807, 2.05) is 0 Å². The zero-order chi connectivity index (χ0) is 14.5. The highest BCUT2D eigenvalue weighted by atomic mass is 79.9. The number of benzene rings is 1. The van der Waals surface area contributed by atoms with Gasteiger partial charge in [0.25, 0.3) is 5.91 Å². The van der Waals surface area contributed by atoms with E-state index in [4.69, 9.17) is 0 Å². The number of halogens is 3. The van der Waals surface area contributed by atoms with Gasteiger partial charge in [0, 0.05) is 16.4 Å². The Balaban J connectivity index is 2.02. The van der Waals surface area contributed by atoms with Crippen LogP contribution in [0.4, 0.5) is 14.5 Å². The third-order valence-corrected chi connectivity index (χ3v) is 2.77. The van der Waals surface area contributed by atoms with Crippen LogP contribution in [0.15, 0.2) is 47.1 Å². The second kappa shape index (κ2) is 6.42. The molecule has 1 aromatic carbocycles. The molecule has 0 aliphatic heterocycles. The summed E-state index contributed by atoms with van der Waals surface area (Å²) in [4.78, 5) is 15.8. The lowest BCUT2D eigenvalue weighted by Crippen LogP contribution is -2.13. The molecular formula is C13H9BrF2N2O2. The van der Waals surface area contributed by atoms with E-state index in [1.165, 1.54) is 30.5 Å². The molecule has 1 amide bonds. The Hall–Kier alpha value is -2.02. The third kappa shape index (κ3) is 3.99. The van der Waals surface area contributed by atoms with Crippen LogP contribution in [-0.2, 0) is 0 Å². The lowest BCUT2D eigenvalue weighted by molar-refractivity contribution is -0.0498. The van der Waals surface area contributed by atoms with Gasteiger partial charge in [-0.05, 0) is 52.3 Å². The Morgan fingerprint density at radius 1 is 1.20 bits per heavy atom. The molecule has 104 valence electrons. The second-order valence-electron chi connectivity index (χ2n) is 3.72. The number of carbonyl (C=O) groups excluding carboxylic acids is 1. The van der Waals surface area contributed by atoms with Gasteiger partial charge in [0.15, 0.2) is 0 Å². The van der Waals surface area contributed by atoms with Crippen LogP contribution in [0.25, 0.3) is 0 Å². The largest absolute Gasteiger partial charge is 0.435 e. The first-order valence-corrected chi connectivity index (χ1v) is 6.31. The minimum absolute atomic E-state index is 0.0276. The minimum atomic E-state index is -2.87. The summed E-state index contributed by atoms with van der Waals surface area (Å²) in [5, 5.41) is 2.60. The summed E-state index contributed by atoms with van der Waals surface area (Å²) in [7, 11) is 0. The molecule has 2 rings (SSSR count). The van der Waals surface area contributed by atoms with Crippen molar-refractivity contribution in [2.75, 3.05) is 5.32 Å². The molecule has 0 aliphatic carbocycles. The fourth-order valence-corrected chi connectivity index (χ4v) is 1.66. The molecule has 0 saturated heterocycles. The minimum Gasteiger partial charge on any atom is -0.435 e. The molecule has 0 saturated carbocycles. The lowest BCUT2D eigenvalue weighted by Gasteiger charge is -2.07. The molecule has 0 spiro atoms. The SMILES string of the molecule is O=C(Nc1ccc(OC(F)F)cc1)c1ccc(Br)cn1. The van der Waals surface area contributed by atoms with Gasteiger partial charge in [0.05, 0.1) is 0 Å². The maximum absolute atomic E-state index is 12.0. The van der Waals surface area contributed by atoms with Crippen molar-refractivity contribution < 1.29 is 18.3 Å². The standard InChI is InChI=1S/C13H9BrF2N2O2/c14-8-1-6-11(17-7-8)12(19)18-9-2-4-10(5-3-9)20-13(15)16/h1-7,13H,(H,18,19). The van der Waals surface area contributed by atoms with Gasteiger partial charge in [-0.25, -0.2) is 4.98 Å². The summed E-state index contributed by atoms with van der Waals surface area (Å²) in [5.41, 5.74) is 0.711. The van der Waals surface area contributed by atoms with E-state index >= 15 is 0 Å². The van der Waals surface area contributed by atoms with E-state index in [0.29, 0.717) is 5.69 Å². The summed E-state index contributed by atoms with van der Waals surface area (Å²) in [6, 6.07) is 8.88. The smallest absolute Gasteiger partial charge is 0.387 e. The summed E-state index contributed by atoms with van der Waals surface area (Å²) < 4.78 is 28.9. The van der Waals surface area contributed by atoms with Crippen molar-refractivity contribution in [3.8, 4) is 5.75 Å². The Labute approximate surface area is 121 Å². The first kappa shape index (κ1) is 14.4. The first-order valence-electron chi connectivity index (χ1n) is 5.52. The van der Waals surface area contributed by atoms with E-state index in [9.17, 15) is 13.6 Å². The molecule has 1 aromatic heterocycles. The third-order valence-electron chi connectivity index (χ3n) is 2.30. The average Bonchev–Trinajstić information content (AvgIpc) is 2.41. The van der Waals surface area contributed by atoms with Gasteiger partial charge in [-0.15, -0.1) is 0 Å². The summed E-state index contributed by atoms with van der Waals surface area (Å²) >= 11 is 3.22. The number of amides is 1. The number of carbonyl (C=O) groups is 1. The number of anilines is 1. The summed E-state index contributed by atoms with van der Waals surface area (Å²) in [5.74, 6) is -0.361. The van der Waals surface area contributed by atoms with Crippen LogP contribution in [0.1, 0.15) is 10.5 Å². The van der Waals surface area contributed by atoms with Crippen molar-refractivity contribution in [2.45, 2.75) is 6.61 Å². The quantitative estimate of drug-likeness (QED) is 0.921. The Morgan fingerprint density at radius 3 is 2.45 bits per heavy atom. The number of hydrogen-bond acceptors (Lipinski definition) is 3. The van der Waals surface area contributed by atoms with Crippen LogP contribution in [0, 0.1) is 0 Å². The van der Waals surface area contributed by atoms with Crippen LogP contribution >= 0.6 is 15.9 Å². The second-order valence-corrected chi connectivity index (χ2v) is 4.63. The van der Waals surface area contributed by atoms with Gasteiger partial charge in [-0.3, -0.25) is 4.79 Å². The maximum atomic E-state index is 12.0. The number of hydrogen-bond donors (Lipinski definition) is 1. The number of nitrogens with one attached hydrogen (secondary N) is 1. The van der Waals surface area contributed by atoms with Crippen molar-refractivity contribution in [1.29, 1.82) is 0 Å². The monoisotopic (exact) mass is 342 g/mol. The molecule has 0 unspecified atom stereocenters. The molecule has 1 heterocycles. The highest BCUT2D eigenvalue weighted by Gasteiger charge is 2.08. The predicted octanol–water partition coefficient (Wildman–Crippen LogP) is 3.70. The van der Waals surface area contributed by atoms with E-state index < -0.39 is 6.61 Å². The van der Waals surface area contributed by atoms with Gasteiger partial charge >= 0.3 is 6.61 Å². The van der Waals surface area contributed by atoms with Crippen LogP contribution in [0.5, 0.6) is 5.75 Å².